The maximum atomic E-state index is 12.2. The Balaban J connectivity index is 1.54. The molecular formula is C17H23N3O3. The van der Waals surface area contributed by atoms with Crippen LogP contribution in [0, 0.1) is 0 Å². The maximum Gasteiger partial charge on any atom is 0.239 e. The first kappa shape index (κ1) is 16.0. The van der Waals surface area contributed by atoms with Gasteiger partial charge in [0.15, 0.2) is 0 Å². The molecule has 0 bridgehead atoms. The van der Waals surface area contributed by atoms with Crippen LogP contribution in [-0.2, 0) is 14.3 Å². The first-order valence-corrected chi connectivity index (χ1v) is 7.99. The van der Waals surface area contributed by atoms with Crippen LogP contribution in [-0.4, -0.2) is 55.1 Å². The zero-order chi connectivity index (χ0) is 16.4. The van der Waals surface area contributed by atoms with E-state index in [2.05, 4.69) is 17.4 Å². The second-order valence-electron chi connectivity index (χ2n) is 6.34. The molecule has 0 spiro atoms. The number of benzene rings is 1. The van der Waals surface area contributed by atoms with E-state index in [1.165, 1.54) is 12.7 Å². The van der Waals surface area contributed by atoms with Gasteiger partial charge in [-0.05, 0) is 12.0 Å². The highest BCUT2D eigenvalue weighted by Gasteiger charge is 2.48. The number of nitrogens with zero attached hydrogens (tertiary/aromatic N) is 1. The molecule has 124 valence electrons. The molecular weight excluding hydrogens is 294 g/mol. The van der Waals surface area contributed by atoms with Gasteiger partial charge in [-0.1, -0.05) is 30.3 Å². The Morgan fingerprint density at radius 2 is 2.17 bits per heavy atom. The van der Waals surface area contributed by atoms with E-state index in [0.717, 1.165) is 6.42 Å². The van der Waals surface area contributed by atoms with Crippen molar-refractivity contribution in [2.24, 2.45) is 5.73 Å². The second-order valence-corrected chi connectivity index (χ2v) is 6.34. The van der Waals surface area contributed by atoms with Crippen molar-refractivity contribution in [3.05, 3.63) is 35.9 Å². The number of rotatable bonds is 6. The van der Waals surface area contributed by atoms with Crippen LogP contribution >= 0.6 is 0 Å². The number of hydrogen-bond acceptors (Lipinski definition) is 4. The van der Waals surface area contributed by atoms with Gasteiger partial charge in [-0.3, -0.25) is 9.59 Å². The van der Waals surface area contributed by atoms with Gasteiger partial charge >= 0.3 is 0 Å². The lowest BCUT2D eigenvalue weighted by atomic mass is 10.1. The number of hydrogen-bond donors (Lipinski definition) is 2. The van der Waals surface area contributed by atoms with Crippen molar-refractivity contribution >= 4 is 11.8 Å². The second kappa shape index (κ2) is 6.68. The summed E-state index contributed by atoms with van der Waals surface area (Å²) in [5, 5.41) is 2.85. The summed E-state index contributed by atoms with van der Waals surface area (Å²) in [6, 6.07) is 9.67. The molecule has 2 amide bonds. The van der Waals surface area contributed by atoms with Gasteiger partial charge in [0.25, 0.3) is 0 Å². The molecule has 6 nitrogen and oxygen atoms in total. The molecule has 2 fully saturated rings. The average molecular weight is 317 g/mol. The van der Waals surface area contributed by atoms with Crippen LogP contribution in [0.3, 0.4) is 0 Å². The van der Waals surface area contributed by atoms with E-state index < -0.39 is 6.04 Å². The van der Waals surface area contributed by atoms with Gasteiger partial charge in [0.2, 0.25) is 11.8 Å². The Hall–Kier alpha value is -1.92. The molecule has 1 aliphatic carbocycles. The smallest absolute Gasteiger partial charge is 0.239 e. The largest absolute Gasteiger partial charge is 0.383 e. The molecule has 0 radical (unpaired) electrons. The van der Waals surface area contributed by atoms with Gasteiger partial charge in [0, 0.05) is 32.0 Å². The third-order valence-electron chi connectivity index (χ3n) is 4.57. The summed E-state index contributed by atoms with van der Waals surface area (Å²) in [5.41, 5.74) is 6.99. The monoisotopic (exact) mass is 317 g/mol. The van der Waals surface area contributed by atoms with E-state index in [1.54, 1.807) is 0 Å². The highest BCUT2D eigenvalue weighted by molar-refractivity contribution is 5.85. The molecule has 4 unspecified atom stereocenters. The molecule has 3 rings (SSSR count). The van der Waals surface area contributed by atoms with Gasteiger partial charge in [-0.25, -0.2) is 0 Å². The SMILES string of the molecule is COCC(N)C(=O)NC1CC(=O)N(C2CC2c2ccccc2)C1. The number of likely N-dealkylation sites (tertiary alicyclic amines) is 1. The van der Waals surface area contributed by atoms with Gasteiger partial charge in [0.1, 0.15) is 6.04 Å². The van der Waals surface area contributed by atoms with Crippen molar-refractivity contribution in [2.45, 2.75) is 36.9 Å². The Labute approximate surface area is 136 Å². The standard InChI is InChI=1S/C17H23N3O3/c1-23-10-14(18)17(22)19-12-7-16(21)20(9-12)15-8-13(15)11-5-3-2-4-6-11/h2-6,12-15H,7-10,18H2,1H3,(H,19,22). The third kappa shape index (κ3) is 3.54. The Kier molecular flexibility index (Phi) is 4.63. The van der Waals surface area contributed by atoms with E-state index in [1.807, 2.05) is 23.1 Å². The Morgan fingerprint density at radius 1 is 1.43 bits per heavy atom. The Morgan fingerprint density at radius 3 is 2.87 bits per heavy atom. The lowest BCUT2D eigenvalue weighted by Gasteiger charge is -2.18. The van der Waals surface area contributed by atoms with E-state index in [-0.39, 0.29) is 30.5 Å². The highest BCUT2D eigenvalue weighted by Crippen LogP contribution is 2.45. The van der Waals surface area contributed by atoms with E-state index in [9.17, 15) is 9.59 Å². The summed E-state index contributed by atoms with van der Waals surface area (Å²) < 4.78 is 4.88. The van der Waals surface area contributed by atoms with Crippen molar-refractivity contribution in [3.63, 3.8) is 0 Å². The molecule has 1 aliphatic heterocycles. The highest BCUT2D eigenvalue weighted by atomic mass is 16.5. The summed E-state index contributed by atoms with van der Waals surface area (Å²) in [7, 11) is 1.50. The first-order valence-electron chi connectivity index (χ1n) is 7.99. The van der Waals surface area contributed by atoms with Gasteiger partial charge in [-0.15, -0.1) is 0 Å². The number of nitrogens with two attached hydrogens (primary N) is 1. The normalized spacial score (nSPS) is 27.8. The first-order chi connectivity index (χ1) is 11.1. The van der Waals surface area contributed by atoms with Crippen LogP contribution in [0.15, 0.2) is 30.3 Å². The fourth-order valence-corrected chi connectivity index (χ4v) is 3.30. The molecule has 0 aromatic heterocycles. The zero-order valence-corrected chi connectivity index (χ0v) is 13.3. The van der Waals surface area contributed by atoms with E-state index in [0.29, 0.717) is 18.9 Å². The Bertz CT molecular complexity index is 578. The zero-order valence-electron chi connectivity index (χ0n) is 13.3. The lowest BCUT2D eigenvalue weighted by Crippen LogP contribution is -2.48. The number of amides is 2. The summed E-state index contributed by atoms with van der Waals surface area (Å²) in [6.45, 7) is 0.743. The molecule has 1 saturated heterocycles. The van der Waals surface area contributed by atoms with Gasteiger partial charge in [0.05, 0.1) is 12.6 Å². The third-order valence-corrected chi connectivity index (χ3v) is 4.57. The predicted octanol–water partition coefficient (Wildman–Crippen LogP) is 0.233. The van der Waals surface area contributed by atoms with E-state index in [4.69, 9.17) is 10.5 Å². The summed E-state index contributed by atoms with van der Waals surface area (Å²) in [4.78, 5) is 26.1. The summed E-state index contributed by atoms with van der Waals surface area (Å²) in [6.07, 6.45) is 1.35. The van der Waals surface area contributed by atoms with Gasteiger partial charge < -0.3 is 20.7 Å². The van der Waals surface area contributed by atoms with E-state index >= 15 is 0 Å². The minimum Gasteiger partial charge on any atom is -0.383 e. The van der Waals surface area contributed by atoms with Crippen LogP contribution in [0.1, 0.15) is 24.3 Å². The quantitative estimate of drug-likeness (QED) is 0.787. The molecule has 2 aliphatic rings. The van der Waals surface area contributed by atoms with Gasteiger partial charge in [-0.2, -0.15) is 0 Å². The van der Waals surface area contributed by atoms with Crippen molar-refractivity contribution in [2.75, 3.05) is 20.3 Å². The molecule has 1 aromatic carbocycles. The number of nitrogens with one attached hydrogen (secondary N) is 1. The van der Waals surface area contributed by atoms with Crippen LogP contribution in [0.4, 0.5) is 0 Å². The van der Waals surface area contributed by atoms with Crippen LogP contribution in [0.2, 0.25) is 0 Å². The van der Waals surface area contributed by atoms with Crippen LogP contribution in [0.25, 0.3) is 0 Å². The molecule has 4 atom stereocenters. The topological polar surface area (TPSA) is 84.7 Å². The maximum absolute atomic E-state index is 12.2. The molecule has 6 heteroatoms. The minimum atomic E-state index is -0.692. The van der Waals surface area contributed by atoms with Crippen molar-refractivity contribution in [3.8, 4) is 0 Å². The number of carbonyl (C=O) groups excluding carboxylic acids is 2. The van der Waals surface area contributed by atoms with Crippen LogP contribution < -0.4 is 11.1 Å². The fraction of sp³-hybridized carbons (Fsp3) is 0.529. The van der Waals surface area contributed by atoms with Crippen molar-refractivity contribution < 1.29 is 14.3 Å². The number of methoxy groups -OCH3 is 1. The molecule has 23 heavy (non-hydrogen) atoms. The van der Waals surface area contributed by atoms with Crippen molar-refractivity contribution in [1.82, 2.24) is 10.2 Å². The molecule has 1 heterocycles. The van der Waals surface area contributed by atoms with Crippen LogP contribution in [0.5, 0.6) is 0 Å². The minimum absolute atomic E-state index is 0.110. The summed E-state index contributed by atoms with van der Waals surface area (Å²) >= 11 is 0. The lowest BCUT2D eigenvalue weighted by molar-refractivity contribution is -0.128. The molecule has 1 saturated carbocycles. The molecule has 1 aromatic rings. The van der Waals surface area contributed by atoms with Crippen molar-refractivity contribution in [1.29, 1.82) is 0 Å². The predicted molar refractivity (Wildman–Crippen MR) is 85.7 cm³/mol. The molecule has 3 N–H and O–H groups in total. The number of ether oxygens (including phenoxy) is 1. The fourth-order valence-electron chi connectivity index (χ4n) is 3.30. The number of carbonyl (C=O) groups is 2. The summed E-state index contributed by atoms with van der Waals surface area (Å²) in [5.74, 6) is 0.270. The average Bonchev–Trinajstić information content (AvgIpc) is 3.26.